The number of carboxylic acids is 1. The minimum Gasteiger partial charge on any atom is -0.478 e. The lowest BCUT2D eigenvalue weighted by Crippen LogP contribution is -2.42. The fourth-order valence-electron chi connectivity index (χ4n) is 10.9. The van der Waals surface area contributed by atoms with Gasteiger partial charge in [-0.15, -0.1) is 5.92 Å². The summed E-state index contributed by atoms with van der Waals surface area (Å²) in [4.78, 5) is 36.2. The van der Waals surface area contributed by atoms with Crippen molar-refractivity contribution in [1.82, 2.24) is 0 Å². The van der Waals surface area contributed by atoms with Crippen LogP contribution in [-0.4, -0.2) is 73.6 Å². The maximum atomic E-state index is 13.1. The summed E-state index contributed by atoms with van der Waals surface area (Å²) in [6, 6.07) is 20.4. The van der Waals surface area contributed by atoms with E-state index in [-0.39, 0.29) is 28.3 Å². The normalized spacial score (nSPS) is 25.2. The smallest absolute Gasteiger partial charge is 0.336 e. The summed E-state index contributed by atoms with van der Waals surface area (Å²) in [5.74, 6) is 7.63. The third-order valence-corrected chi connectivity index (χ3v) is 14.3. The van der Waals surface area contributed by atoms with Gasteiger partial charge in [-0.1, -0.05) is 29.7 Å². The molecule has 0 radical (unpaired) electrons. The molecule has 3 aromatic rings. The van der Waals surface area contributed by atoms with Crippen LogP contribution in [0.3, 0.4) is 0 Å². The average Bonchev–Trinajstić information content (AvgIpc) is 3.59. The first-order chi connectivity index (χ1) is 29.7. The van der Waals surface area contributed by atoms with Crippen LogP contribution in [0.2, 0.25) is 0 Å². The second-order valence-corrected chi connectivity index (χ2v) is 18.2. The van der Waals surface area contributed by atoms with E-state index in [1.807, 2.05) is 111 Å². The van der Waals surface area contributed by atoms with Crippen LogP contribution in [0.1, 0.15) is 74.5 Å². The molecule has 0 spiro atoms. The van der Waals surface area contributed by atoms with Crippen LogP contribution in [0.5, 0.6) is 11.5 Å². The van der Waals surface area contributed by atoms with Crippen molar-refractivity contribution >= 4 is 57.4 Å². The van der Waals surface area contributed by atoms with E-state index >= 15 is 0 Å². The highest BCUT2D eigenvalue weighted by atomic mass is 32.1. The number of hydrogen-bond acceptors (Lipinski definition) is 7. The molecule has 1 aliphatic heterocycles. The highest BCUT2D eigenvalue weighted by molar-refractivity contribution is 7.80. The summed E-state index contributed by atoms with van der Waals surface area (Å²) in [5, 5.41) is 22.8. The molecule has 0 bridgehead atoms. The maximum Gasteiger partial charge on any atom is 0.336 e. The van der Waals surface area contributed by atoms with Crippen LogP contribution in [0.15, 0.2) is 118 Å². The molecular weight excluding hydrogens is 793 g/mol. The highest BCUT2D eigenvalue weighted by Gasteiger charge is 2.55. The molecule has 2 N–H and O–H groups in total. The van der Waals surface area contributed by atoms with Crippen molar-refractivity contribution in [3.8, 4) is 23.3 Å². The lowest BCUT2D eigenvalue weighted by atomic mass is 9.57. The van der Waals surface area contributed by atoms with Gasteiger partial charge in [-0.05, 0) is 146 Å². The first-order valence-corrected chi connectivity index (χ1v) is 21.9. The van der Waals surface area contributed by atoms with Gasteiger partial charge in [0.25, 0.3) is 0 Å². The summed E-state index contributed by atoms with van der Waals surface area (Å²) < 4.78 is 6.49. The van der Waals surface area contributed by atoms with Gasteiger partial charge in [-0.3, -0.25) is 4.79 Å². The summed E-state index contributed by atoms with van der Waals surface area (Å²) in [6.07, 6.45) is 12.8. The fraction of sp³-hybridized carbons (Fsp3) is 0.346. The lowest BCUT2D eigenvalue weighted by molar-refractivity contribution is -0.132. The third kappa shape index (κ3) is 7.21. The molecule has 9 nitrogen and oxygen atoms in total. The van der Waals surface area contributed by atoms with Gasteiger partial charge in [0.2, 0.25) is 0 Å². The number of ketones is 1. The molecule has 1 heterocycles. The number of allylic oxidation sites excluding steroid dienone is 7. The second kappa shape index (κ2) is 16.0. The van der Waals surface area contributed by atoms with Crippen LogP contribution in [0.4, 0.5) is 17.1 Å². The molecule has 62 heavy (non-hydrogen) atoms. The van der Waals surface area contributed by atoms with E-state index < -0.39 is 11.6 Å². The van der Waals surface area contributed by atoms with Gasteiger partial charge >= 0.3 is 5.97 Å². The summed E-state index contributed by atoms with van der Waals surface area (Å²) in [7, 11) is 9.75. The van der Waals surface area contributed by atoms with E-state index in [0.717, 1.165) is 65.9 Å². The molecule has 5 aliphatic carbocycles. The largest absolute Gasteiger partial charge is 0.478 e. The molecular formula is C52H52N4O5S. The van der Waals surface area contributed by atoms with E-state index in [4.69, 9.17) is 21.9 Å². The standard InChI is InChI=1S/C52H52N4O5S/c1-7-23-52(60)24-22-38-39-17-10-31-25-36(57)16-21-37(31)48(39)43(29-45(38)52)30-8-12-33(13-9-30)56(6)51(62)53-32-11-18-40(44(26-32)50(58)59)49-41-19-14-34(54(2)3)27-46(41)61-47-28-35(55(4)5)15-20-42(47)49/h8-9,11-15,18-20,25-28,38-39,43,45,60H,10,16-17,21-22,24,29H2,1-6H3,(H,58,59)/b53-32-. The van der Waals surface area contributed by atoms with Gasteiger partial charge in [0.15, 0.2) is 10.9 Å². The van der Waals surface area contributed by atoms with Crippen LogP contribution in [-0.2, 0) is 9.59 Å². The fourth-order valence-corrected chi connectivity index (χ4v) is 11.1. The Morgan fingerprint density at radius 2 is 1.53 bits per heavy atom. The summed E-state index contributed by atoms with van der Waals surface area (Å²) in [5.41, 5.74) is 10.5. The first kappa shape index (κ1) is 41.3. The monoisotopic (exact) mass is 844 g/mol. The van der Waals surface area contributed by atoms with Gasteiger partial charge in [0.05, 0.1) is 11.3 Å². The molecule has 0 aromatic heterocycles. The summed E-state index contributed by atoms with van der Waals surface area (Å²) >= 11 is 5.89. The van der Waals surface area contributed by atoms with Gasteiger partial charge in [-0.25, -0.2) is 9.79 Å². The van der Waals surface area contributed by atoms with Crippen molar-refractivity contribution in [3.63, 3.8) is 0 Å². The Morgan fingerprint density at radius 1 is 0.871 bits per heavy atom. The second-order valence-electron chi connectivity index (χ2n) is 17.8. The molecule has 2 saturated carbocycles. The number of aliphatic carboxylic acids is 1. The molecule has 9 rings (SSSR count). The molecule has 0 saturated heterocycles. The molecule has 316 valence electrons. The van der Waals surface area contributed by atoms with Crippen molar-refractivity contribution in [2.24, 2.45) is 22.7 Å². The minimum atomic E-state index is -1.07. The van der Waals surface area contributed by atoms with Crippen molar-refractivity contribution in [2.45, 2.75) is 63.4 Å². The third-order valence-electron chi connectivity index (χ3n) is 13.9. The van der Waals surface area contributed by atoms with Crippen molar-refractivity contribution in [2.75, 3.05) is 49.9 Å². The zero-order valence-corrected chi connectivity index (χ0v) is 37.0. The number of ether oxygens (including phenoxy) is 1. The zero-order valence-electron chi connectivity index (χ0n) is 36.2. The number of aliphatic imine (C=N–C) groups is 1. The van der Waals surface area contributed by atoms with Gasteiger partial charge in [-0.2, -0.15) is 0 Å². The average molecular weight is 845 g/mol. The molecule has 5 unspecified atom stereocenters. The van der Waals surface area contributed by atoms with E-state index in [1.54, 1.807) is 6.08 Å². The number of fused-ring (bicyclic) bond motifs is 6. The Kier molecular flexibility index (Phi) is 10.7. The first-order valence-electron chi connectivity index (χ1n) is 21.5. The maximum absolute atomic E-state index is 13.1. The Hall–Kier alpha value is -6.02. The van der Waals surface area contributed by atoms with Gasteiger partial charge in [0, 0.05) is 99.4 Å². The van der Waals surface area contributed by atoms with Crippen molar-refractivity contribution in [3.05, 3.63) is 130 Å². The number of carbonyl (C=O) groups excluding carboxylic acids is 1. The Labute approximate surface area is 369 Å². The topological polar surface area (TPSA) is 106 Å². The molecule has 5 atom stereocenters. The van der Waals surface area contributed by atoms with E-state index in [0.29, 0.717) is 47.5 Å². The van der Waals surface area contributed by atoms with Crippen molar-refractivity contribution < 1.29 is 24.5 Å². The van der Waals surface area contributed by atoms with Crippen LogP contribution in [0, 0.1) is 29.6 Å². The number of aliphatic hydroxyl groups is 1. The van der Waals surface area contributed by atoms with Gasteiger partial charge < -0.3 is 29.6 Å². The van der Waals surface area contributed by atoms with E-state index in [1.165, 1.54) is 22.3 Å². The molecule has 6 aliphatic rings. The number of thiocarbonyl (C=S) groups is 1. The predicted molar refractivity (Wildman–Crippen MR) is 251 cm³/mol. The number of carboxylic acid groups (broad SMARTS) is 1. The van der Waals surface area contributed by atoms with E-state index in [2.05, 4.69) is 36.1 Å². The minimum absolute atomic E-state index is 0.0852. The molecule has 3 aromatic carbocycles. The Morgan fingerprint density at radius 3 is 2.16 bits per heavy atom. The quantitative estimate of drug-likeness (QED) is 0.150. The number of hydrogen-bond donors (Lipinski definition) is 2. The van der Waals surface area contributed by atoms with Gasteiger partial charge in [0.1, 0.15) is 17.1 Å². The van der Waals surface area contributed by atoms with Crippen LogP contribution < -0.4 is 19.4 Å². The Balaban J connectivity index is 1.02. The molecule has 10 heteroatoms. The number of rotatable bonds is 5. The predicted octanol–water partition coefficient (Wildman–Crippen LogP) is 9.43. The highest BCUT2D eigenvalue weighted by Crippen LogP contribution is 2.61. The van der Waals surface area contributed by atoms with Crippen LogP contribution in [0.25, 0.3) is 5.57 Å². The van der Waals surface area contributed by atoms with E-state index in [9.17, 15) is 19.8 Å². The lowest BCUT2D eigenvalue weighted by Gasteiger charge is -2.48. The number of nitrogens with zero attached hydrogens (tertiary/aromatic N) is 4. The van der Waals surface area contributed by atoms with Crippen LogP contribution >= 0.6 is 12.2 Å². The molecule has 0 amide bonds. The molecule has 2 fully saturated rings. The SMILES string of the molecule is CC#CC1(O)CCC2C3CCC4=CC(=O)CCC4=C3C(c3ccc(N(C)C(=S)/N=C4/C=CC(=C5c6ccc(N(C)C)cc6Oc6cc(N(C)C)ccc65)C(C(=O)O)=C4)cc3)CC21. The number of benzene rings is 3. The number of anilines is 3. The number of carbonyl (C=O) groups is 2. The Bertz CT molecular complexity index is 2630. The summed E-state index contributed by atoms with van der Waals surface area (Å²) in [6.45, 7) is 1.81. The zero-order chi connectivity index (χ0) is 43.6. The van der Waals surface area contributed by atoms with Crippen molar-refractivity contribution in [1.29, 1.82) is 0 Å².